The average molecular weight is 218 g/mol. The standard InChI is InChI=1S/C15H22O/c1-9-5-6-11-7-12-10(2)13(16)8-15(9,12)14(11,3)4/h9,11H,5-8H2,1-4H3/t9-,11?,15?/m1/s1. The van der Waals surface area contributed by atoms with Crippen molar-refractivity contribution in [1.82, 2.24) is 0 Å². The molecule has 3 aliphatic carbocycles. The monoisotopic (exact) mass is 218 g/mol. The maximum atomic E-state index is 12.1. The number of hydrogen-bond donors (Lipinski definition) is 0. The molecule has 2 fully saturated rings. The first-order chi connectivity index (χ1) is 7.41. The molecule has 0 aromatic carbocycles. The van der Waals surface area contributed by atoms with Crippen molar-refractivity contribution in [3.05, 3.63) is 11.1 Å². The van der Waals surface area contributed by atoms with Crippen LogP contribution in [-0.2, 0) is 4.79 Å². The lowest BCUT2D eigenvalue weighted by Gasteiger charge is -2.51. The molecule has 1 nitrogen and oxygen atoms in total. The van der Waals surface area contributed by atoms with Crippen LogP contribution in [0.5, 0.6) is 0 Å². The van der Waals surface area contributed by atoms with Crippen LogP contribution in [0.3, 0.4) is 0 Å². The van der Waals surface area contributed by atoms with Crippen LogP contribution in [0.2, 0.25) is 0 Å². The summed E-state index contributed by atoms with van der Waals surface area (Å²) in [6.45, 7) is 9.25. The topological polar surface area (TPSA) is 17.1 Å². The van der Waals surface area contributed by atoms with Gasteiger partial charge in [0.25, 0.3) is 0 Å². The van der Waals surface area contributed by atoms with E-state index in [4.69, 9.17) is 0 Å². The Morgan fingerprint density at radius 2 is 1.94 bits per heavy atom. The second-order valence-corrected chi connectivity index (χ2v) is 6.78. The van der Waals surface area contributed by atoms with Gasteiger partial charge in [0.05, 0.1) is 0 Å². The fourth-order valence-corrected chi connectivity index (χ4v) is 5.08. The van der Waals surface area contributed by atoms with Gasteiger partial charge < -0.3 is 0 Å². The minimum atomic E-state index is 0.233. The first-order valence-corrected chi connectivity index (χ1v) is 6.64. The predicted molar refractivity (Wildman–Crippen MR) is 65.0 cm³/mol. The molecule has 16 heavy (non-hydrogen) atoms. The summed E-state index contributed by atoms with van der Waals surface area (Å²) in [5.41, 5.74) is 3.23. The SMILES string of the molecule is CC1=C2CC3CC[C@@H](C)C2(CC1=O)C3(C)C. The van der Waals surface area contributed by atoms with Gasteiger partial charge in [0.2, 0.25) is 0 Å². The Balaban J connectivity index is 2.24. The third-order valence-electron chi connectivity index (χ3n) is 6.26. The number of rotatable bonds is 0. The molecule has 0 radical (unpaired) electrons. The van der Waals surface area contributed by atoms with Crippen molar-refractivity contribution in [3.63, 3.8) is 0 Å². The first-order valence-electron chi connectivity index (χ1n) is 6.64. The number of carbonyl (C=O) groups is 1. The third kappa shape index (κ3) is 0.881. The van der Waals surface area contributed by atoms with Crippen molar-refractivity contribution in [2.45, 2.75) is 53.4 Å². The fraction of sp³-hybridized carbons (Fsp3) is 0.800. The lowest BCUT2D eigenvalue weighted by atomic mass is 9.53. The molecule has 1 heteroatoms. The van der Waals surface area contributed by atoms with Crippen molar-refractivity contribution in [2.24, 2.45) is 22.7 Å². The number of carbonyl (C=O) groups excluding carboxylic acids is 1. The van der Waals surface area contributed by atoms with Gasteiger partial charge in [0.1, 0.15) is 0 Å². The fourth-order valence-electron chi connectivity index (χ4n) is 5.08. The van der Waals surface area contributed by atoms with Crippen molar-refractivity contribution >= 4 is 5.78 Å². The zero-order valence-electron chi connectivity index (χ0n) is 10.9. The molecular formula is C15H22O. The molecule has 2 saturated carbocycles. The van der Waals surface area contributed by atoms with Crippen LogP contribution >= 0.6 is 0 Å². The molecule has 0 amide bonds. The van der Waals surface area contributed by atoms with Gasteiger partial charge >= 0.3 is 0 Å². The molecule has 2 bridgehead atoms. The predicted octanol–water partition coefficient (Wildman–Crippen LogP) is 3.74. The van der Waals surface area contributed by atoms with Crippen molar-refractivity contribution < 1.29 is 4.79 Å². The van der Waals surface area contributed by atoms with Crippen molar-refractivity contribution in [1.29, 1.82) is 0 Å². The smallest absolute Gasteiger partial charge is 0.159 e. The van der Waals surface area contributed by atoms with Gasteiger partial charge in [-0.25, -0.2) is 0 Å². The maximum Gasteiger partial charge on any atom is 0.159 e. The molecule has 0 heterocycles. The lowest BCUT2D eigenvalue weighted by molar-refractivity contribution is -0.119. The van der Waals surface area contributed by atoms with Gasteiger partial charge in [0.15, 0.2) is 5.78 Å². The van der Waals surface area contributed by atoms with E-state index in [0.29, 0.717) is 17.1 Å². The first kappa shape index (κ1) is 10.6. The highest BCUT2D eigenvalue weighted by Gasteiger charge is 2.65. The Bertz CT molecular complexity index is 402. The van der Waals surface area contributed by atoms with Crippen molar-refractivity contribution in [3.8, 4) is 0 Å². The molecule has 0 N–H and O–H groups in total. The molecule has 0 aromatic heterocycles. The minimum Gasteiger partial charge on any atom is -0.295 e. The Labute approximate surface area is 98.3 Å². The quantitative estimate of drug-likeness (QED) is 0.605. The van der Waals surface area contributed by atoms with Crippen LogP contribution in [0.15, 0.2) is 11.1 Å². The maximum absolute atomic E-state index is 12.1. The number of fused-ring (bicyclic) bond motifs is 1. The van der Waals surface area contributed by atoms with E-state index in [2.05, 4.69) is 27.7 Å². The van der Waals surface area contributed by atoms with E-state index in [1.54, 1.807) is 0 Å². The van der Waals surface area contributed by atoms with Gasteiger partial charge in [-0.2, -0.15) is 0 Å². The third-order valence-corrected chi connectivity index (χ3v) is 6.26. The molecule has 3 aliphatic rings. The molecule has 0 saturated heterocycles. The molecule has 0 aliphatic heterocycles. The summed E-state index contributed by atoms with van der Waals surface area (Å²) >= 11 is 0. The number of ketones is 1. The van der Waals surface area contributed by atoms with E-state index in [0.717, 1.165) is 17.9 Å². The average Bonchev–Trinajstić information content (AvgIpc) is 2.50. The molecule has 3 rings (SSSR count). The highest BCUT2D eigenvalue weighted by atomic mass is 16.1. The largest absolute Gasteiger partial charge is 0.295 e. The summed E-state index contributed by atoms with van der Waals surface area (Å²) in [5, 5.41) is 0. The summed E-state index contributed by atoms with van der Waals surface area (Å²) in [7, 11) is 0. The van der Waals surface area contributed by atoms with E-state index < -0.39 is 0 Å². The molecule has 2 unspecified atom stereocenters. The van der Waals surface area contributed by atoms with Gasteiger partial charge in [0, 0.05) is 11.8 Å². The van der Waals surface area contributed by atoms with Gasteiger partial charge in [-0.1, -0.05) is 26.3 Å². The van der Waals surface area contributed by atoms with E-state index >= 15 is 0 Å². The van der Waals surface area contributed by atoms with E-state index in [1.807, 2.05) is 0 Å². The zero-order chi connectivity index (χ0) is 11.7. The number of hydrogen-bond acceptors (Lipinski definition) is 1. The van der Waals surface area contributed by atoms with Gasteiger partial charge in [-0.15, -0.1) is 0 Å². The second kappa shape index (κ2) is 2.80. The molecule has 88 valence electrons. The minimum absolute atomic E-state index is 0.233. The lowest BCUT2D eigenvalue weighted by Crippen LogP contribution is -2.45. The normalized spacial score (nSPS) is 45.1. The number of Topliss-reactive ketones (excluding diaryl/α,β-unsaturated/α-hetero) is 1. The van der Waals surface area contributed by atoms with Crippen LogP contribution < -0.4 is 0 Å². The Morgan fingerprint density at radius 3 is 2.62 bits per heavy atom. The van der Waals surface area contributed by atoms with E-state index in [9.17, 15) is 4.79 Å². The van der Waals surface area contributed by atoms with Gasteiger partial charge in [-0.05, 0) is 49.0 Å². The van der Waals surface area contributed by atoms with Crippen LogP contribution in [0.4, 0.5) is 0 Å². The number of allylic oxidation sites excluding steroid dienone is 2. The second-order valence-electron chi connectivity index (χ2n) is 6.78. The molecular weight excluding hydrogens is 196 g/mol. The van der Waals surface area contributed by atoms with Gasteiger partial charge in [-0.3, -0.25) is 4.79 Å². The Morgan fingerprint density at radius 1 is 1.25 bits per heavy atom. The summed E-state index contributed by atoms with van der Waals surface area (Å²) in [4.78, 5) is 12.1. The van der Waals surface area contributed by atoms with Crippen LogP contribution in [0.25, 0.3) is 0 Å². The summed E-state index contributed by atoms with van der Waals surface area (Å²) in [5.74, 6) is 1.94. The van der Waals surface area contributed by atoms with Crippen LogP contribution in [0.1, 0.15) is 53.4 Å². The van der Waals surface area contributed by atoms with Crippen LogP contribution in [-0.4, -0.2) is 5.78 Å². The van der Waals surface area contributed by atoms with Crippen molar-refractivity contribution in [2.75, 3.05) is 0 Å². The van der Waals surface area contributed by atoms with Crippen LogP contribution in [0, 0.1) is 22.7 Å². The van der Waals surface area contributed by atoms with E-state index in [1.165, 1.54) is 24.8 Å². The zero-order valence-corrected chi connectivity index (χ0v) is 10.9. The Kier molecular flexibility index (Phi) is 1.85. The summed E-state index contributed by atoms with van der Waals surface area (Å²) in [6.07, 6.45) is 4.69. The summed E-state index contributed by atoms with van der Waals surface area (Å²) in [6, 6.07) is 0. The highest BCUT2D eigenvalue weighted by Crippen LogP contribution is 2.71. The molecule has 3 atom stereocenters. The highest BCUT2D eigenvalue weighted by molar-refractivity contribution is 6.00. The Hall–Kier alpha value is -0.590. The molecule has 0 aromatic rings. The molecule has 1 spiro atoms. The summed E-state index contributed by atoms with van der Waals surface area (Å²) < 4.78 is 0. The van der Waals surface area contributed by atoms with E-state index in [-0.39, 0.29) is 5.41 Å².